The Kier molecular flexibility index (Phi) is 5.90. The molecule has 3 nitrogen and oxygen atoms in total. The van der Waals surface area contributed by atoms with Crippen LogP contribution in [-0.2, 0) is 4.79 Å². The van der Waals surface area contributed by atoms with Crippen LogP contribution in [-0.4, -0.2) is 24.7 Å². The van der Waals surface area contributed by atoms with Crippen molar-refractivity contribution < 1.29 is 9.18 Å². The number of hydrogen-bond acceptors (Lipinski definition) is 3. The van der Waals surface area contributed by atoms with Crippen LogP contribution >= 0.6 is 24.2 Å². The number of thioether (sulfide) groups is 1. The lowest BCUT2D eigenvalue weighted by Crippen LogP contribution is -2.32. The second-order valence-corrected chi connectivity index (χ2v) is 6.64. The average molecular weight is 331 g/mol. The molecule has 0 saturated carbocycles. The highest BCUT2D eigenvalue weighted by Crippen LogP contribution is 2.36. The molecule has 0 radical (unpaired) electrons. The molecule has 0 aliphatic carbocycles. The molecule has 0 spiro atoms. The van der Waals surface area contributed by atoms with E-state index in [-0.39, 0.29) is 30.2 Å². The van der Waals surface area contributed by atoms with Gasteiger partial charge in [0.05, 0.1) is 6.04 Å². The van der Waals surface area contributed by atoms with Gasteiger partial charge in [-0.05, 0) is 55.6 Å². The van der Waals surface area contributed by atoms with Gasteiger partial charge in [0.1, 0.15) is 5.82 Å². The van der Waals surface area contributed by atoms with Crippen molar-refractivity contribution in [2.24, 2.45) is 5.92 Å². The minimum atomic E-state index is -0.231. The molecule has 2 N–H and O–H groups in total. The van der Waals surface area contributed by atoms with E-state index in [4.69, 9.17) is 0 Å². The second kappa shape index (κ2) is 7.47. The third-order valence-electron chi connectivity index (χ3n) is 3.98. The summed E-state index contributed by atoms with van der Waals surface area (Å²) in [6, 6.07) is 4.82. The van der Waals surface area contributed by atoms with Crippen LogP contribution in [0.1, 0.15) is 30.9 Å². The fourth-order valence-electron chi connectivity index (χ4n) is 2.92. The van der Waals surface area contributed by atoms with E-state index in [9.17, 15) is 9.18 Å². The van der Waals surface area contributed by atoms with Gasteiger partial charge in [-0.1, -0.05) is 0 Å². The number of nitrogens with one attached hydrogen (secondary N) is 2. The smallest absolute Gasteiger partial charge is 0.220 e. The molecule has 116 valence electrons. The molecule has 1 aromatic rings. The van der Waals surface area contributed by atoms with Gasteiger partial charge in [-0.2, -0.15) is 0 Å². The van der Waals surface area contributed by atoms with Crippen molar-refractivity contribution in [3.8, 4) is 0 Å². The van der Waals surface area contributed by atoms with E-state index in [1.165, 1.54) is 6.07 Å². The Labute approximate surface area is 134 Å². The number of halogens is 2. The fourth-order valence-corrected chi connectivity index (χ4v) is 4.02. The fraction of sp³-hybridized carbons (Fsp3) is 0.533. The summed E-state index contributed by atoms with van der Waals surface area (Å²) in [5.41, 5.74) is 0.930. The Morgan fingerprint density at radius 3 is 3.05 bits per heavy atom. The lowest BCUT2D eigenvalue weighted by molar-refractivity contribution is -0.122. The summed E-state index contributed by atoms with van der Waals surface area (Å²) in [6.45, 7) is 1.94. The quantitative estimate of drug-likeness (QED) is 0.895. The summed E-state index contributed by atoms with van der Waals surface area (Å²) in [6.07, 6.45) is 2.51. The predicted molar refractivity (Wildman–Crippen MR) is 85.5 cm³/mol. The highest BCUT2D eigenvalue weighted by molar-refractivity contribution is 7.99. The Hall–Kier alpha value is -0.780. The summed E-state index contributed by atoms with van der Waals surface area (Å²) in [7, 11) is 0. The first kappa shape index (κ1) is 16.6. The molecule has 2 aliphatic rings. The number of hydrogen-bond donors (Lipinski definition) is 2. The molecule has 1 fully saturated rings. The van der Waals surface area contributed by atoms with Crippen molar-refractivity contribution in [2.75, 3.05) is 18.8 Å². The van der Waals surface area contributed by atoms with Gasteiger partial charge in [-0.15, -0.1) is 24.2 Å². The molecule has 0 bridgehead atoms. The average Bonchev–Trinajstić information content (AvgIpc) is 2.92. The molecule has 1 saturated heterocycles. The summed E-state index contributed by atoms with van der Waals surface area (Å²) < 4.78 is 13.4. The minimum Gasteiger partial charge on any atom is -0.349 e. The lowest BCUT2D eigenvalue weighted by Gasteiger charge is -2.26. The zero-order valence-electron chi connectivity index (χ0n) is 11.7. The highest BCUT2D eigenvalue weighted by atomic mass is 35.5. The van der Waals surface area contributed by atoms with Gasteiger partial charge >= 0.3 is 0 Å². The summed E-state index contributed by atoms with van der Waals surface area (Å²) >= 11 is 1.73. The Bertz CT molecular complexity index is 508. The molecule has 2 atom stereocenters. The molecular weight excluding hydrogens is 311 g/mol. The van der Waals surface area contributed by atoms with Crippen LogP contribution in [0.25, 0.3) is 0 Å². The molecule has 2 unspecified atom stereocenters. The number of rotatable bonds is 3. The summed E-state index contributed by atoms with van der Waals surface area (Å²) in [4.78, 5) is 13.2. The Morgan fingerprint density at radius 1 is 1.43 bits per heavy atom. The van der Waals surface area contributed by atoms with Crippen LogP contribution in [0.4, 0.5) is 4.39 Å². The largest absolute Gasteiger partial charge is 0.349 e. The Balaban J connectivity index is 0.00000161. The van der Waals surface area contributed by atoms with Crippen molar-refractivity contribution >= 4 is 30.1 Å². The number of amides is 1. The SMILES string of the molecule is Cl.O=C(CC1CCNC1)NC1CCSc2ccc(F)cc21. The number of fused-ring (bicyclic) bond motifs is 1. The maximum Gasteiger partial charge on any atom is 0.220 e. The molecule has 2 heterocycles. The first-order chi connectivity index (χ1) is 9.72. The molecule has 1 aromatic carbocycles. The van der Waals surface area contributed by atoms with Gasteiger partial charge in [0.2, 0.25) is 5.91 Å². The van der Waals surface area contributed by atoms with Crippen LogP contribution in [0, 0.1) is 11.7 Å². The highest BCUT2D eigenvalue weighted by Gasteiger charge is 2.24. The van der Waals surface area contributed by atoms with Crippen molar-refractivity contribution in [2.45, 2.75) is 30.2 Å². The first-order valence-electron chi connectivity index (χ1n) is 7.14. The first-order valence-corrected chi connectivity index (χ1v) is 8.13. The van der Waals surface area contributed by atoms with E-state index in [1.54, 1.807) is 17.8 Å². The van der Waals surface area contributed by atoms with Crippen molar-refractivity contribution in [3.05, 3.63) is 29.6 Å². The maximum absolute atomic E-state index is 13.4. The predicted octanol–water partition coefficient (Wildman–Crippen LogP) is 2.90. The lowest BCUT2D eigenvalue weighted by atomic mass is 10.0. The monoisotopic (exact) mass is 330 g/mol. The molecule has 21 heavy (non-hydrogen) atoms. The summed E-state index contributed by atoms with van der Waals surface area (Å²) in [5, 5.41) is 6.35. The van der Waals surface area contributed by atoms with Crippen molar-refractivity contribution in [1.29, 1.82) is 0 Å². The zero-order chi connectivity index (χ0) is 13.9. The van der Waals surface area contributed by atoms with Crippen LogP contribution in [0.5, 0.6) is 0 Å². The van der Waals surface area contributed by atoms with Gasteiger partial charge in [0.25, 0.3) is 0 Å². The van der Waals surface area contributed by atoms with Gasteiger partial charge in [-0.3, -0.25) is 4.79 Å². The topological polar surface area (TPSA) is 41.1 Å². The van der Waals surface area contributed by atoms with E-state index >= 15 is 0 Å². The Morgan fingerprint density at radius 2 is 2.29 bits per heavy atom. The van der Waals surface area contributed by atoms with Crippen LogP contribution < -0.4 is 10.6 Å². The van der Waals surface area contributed by atoms with Crippen molar-refractivity contribution in [3.63, 3.8) is 0 Å². The van der Waals surface area contributed by atoms with E-state index in [2.05, 4.69) is 10.6 Å². The van der Waals surface area contributed by atoms with Gasteiger partial charge < -0.3 is 10.6 Å². The molecule has 6 heteroatoms. The molecule has 3 rings (SSSR count). The van der Waals surface area contributed by atoms with E-state index in [1.807, 2.05) is 6.07 Å². The minimum absolute atomic E-state index is 0. The van der Waals surface area contributed by atoms with Crippen molar-refractivity contribution in [1.82, 2.24) is 10.6 Å². The third kappa shape index (κ3) is 4.11. The maximum atomic E-state index is 13.4. The van der Waals surface area contributed by atoms with E-state index in [0.29, 0.717) is 12.3 Å². The standard InChI is InChI=1S/C15H19FN2OS.ClH/c16-11-1-2-14-12(8-11)13(4-6-20-14)18-15(19)7-10-3-5-17-9-10;/h1-2,8,10,13,17H,3-7,9H2,(H,18,19);1H. The number of carbonyl (C=O) groups excluding carboxylic acids is 1. The summed E-state index contributed by atoms with van der Waals surface area (Å²) in [5.74, 6) is 1.27. The number of benzene rings is 1. The van der Waals surface area contributed by atoms with Gasteiger partial charge in [-0.25, -0.2) is 4.39 Å². The van der Waals surface area contributed by atoms with Crippen LogP contribution in [0.2, 0.25) is 0 Å². The molecule has 1 amide bonds. The van der Waals surface area contributed by atoms with Crippen LogP contribution in [0.3, 0.4) is 0 Å². The normalized spacial score (nSPS) is 24.0. The van der Waals surface area contributed by atoms with Gasteiger partial charge in [0.15, 0.2) is 0 Å². The van der Waals surface area contributed by atoms with E-state index < -0.39 is 0 Å². The third-order valence-corrected chi connectivity index (χ3v) is 5.11. The zero-order valence-corrected chi connectivity index (χ0v) is 13.4. The van der Waals surface area contributed by atoms with Crippen LogP contribution in [0.15, 0.2) is 23.1 Å². The molecular formula is C15H20ClFN2OS. The van der Waals surface area contributed by atoms with Gasteiger partial charge in [0, 0.05) is 17.1 Å². The second-order valence-electron chi connectivity index (χ2n) is 5.50. The molecule has 0 aromatic heterocycles. The number of carbonyl (C=O) groups is 1. The van der Waals surface area contributed by atoms with E-state index in [0.717, 1.165) is 42.1 Å². The molecule has 2 aliphatic heterocycles.